The Balaban J connectivity index is 2.41. The van der Waals surface area contributed by atoms with Gasteiger partial charge in [-0.3, -0.25) is 0 Å². The zero-order valence-electron chi connectivity index (χ0n) is 12.7. The van der Waals surface area contributed by atoms with Crippen LogP contribution in [0, 0.1) is 6.92 Å². The van der Waals surface area contributed by atoms with Gasteiger partial charge in [-0.2, -0.15) is 0 Å². The van der Waals surface area contributed by atoms with E-state index in [-0.39, 0.29) is 16.9 Å². The van der Waals surface area contributed by atoms with Crippen molar-refractivity contribution in [2.24, 2.45) is 0 Å². The third-order valence-corrected chi connectivity index (χ3v) is 3.14. The van der Waals surface area contributed by atoms with Gasteiger partial charge in [0.05, 0.1) is 5.56 Å². The molecule has 1 aromatic carbocycles. The lowest BCUT2D eigenvalue weighted by Crippen LogP contribution is -2.12. The number of rotatable bonds is 3. The molecule has 2 rings (SSSR count). The molecular formula is C17H19NO3. The van der Waals surface area contributed by atoms with Gasteiger partial charge in [-0.15, -0.1) is 0 Å². The Labute approximate surface area is 124 Å². The van der Waals surface area contributed by atoms with Crippen LogP contribution in [0.25, 0.3) is 0 Å². The molecule has 4 heteroatoms. The minimum Gasteiger partial charge on any atom is -0.478 e. The number of carboxylic acids is 1. The van der Waals surface area contributed by atoms with Crippen LogP contribution in [-0.2, 0) is 5.41 Å². The Kier molecular flexibility index (Phi) is 3.98. The van der Waals surface area contributed by atoms with Gasteiger partial charge in [0.2, 0.25) is 5.88 Å². The summed E-state index contributed by atoms with van der Waals surface area (Å²) in [4.78, 5) is 15.1. The number of carbonyl (C=O) groups is 1. The molecule has 0 aliphatic heterocycles. The van der Waals surface area contributed by atoms with Crippen molar-refractivity contribution in [2.45, 2.75) is 33.1 Å². The minimum absolute atomic E-state index is 0.0760. The molecular weight excluding hydrogens is 266 g/mol. The first-order valence-electron chi connectivity index (χ1n) is 6.76. The second kappa shape index (κ2) is 5.56. The zero-order chi connectivity index (χ0) is 15.6. The predicted octanol–water partition coefficient (Wildman–Crippen LogP) is 4.18. The van der Waals surface area contributed by atoms with E-state index in [0.717, 1.165) is 11.1 Å². The maximum Gasteiger partial charge on any atom is 0.335 e. The van der Waals surface area contributed by atoms with Crippen molar-refractivity contribution in [1.29, 1.82) is 0 Å². The molecule has 1 aromatic heterocycles. The van der Waals surface area contributed by atoms with Crippen LogP contribution >= 0.6 is 0 Å². The van der Waals surface area contributed by atoms with Crippen molar-refractivity contribution in [3.05, 3.63) is 53.2 Å². The molecule has 2 aromatic rings. The van der Waals surface area contributed by atoms with E-state index in [1.165, 1.54) is 18.3 Å². The van der Waals surface area contributed by atoms with E-state index in [1.54, 1.807) is 0 Å². The maximum absolute atomic E-state index is 11.0. The molecule has 1 heterocycles. The van der Waals surface area contributed by atoms with Crippen LogP contribution in [0.15, 0.2) is 36.5 Å². The van der Waals surface area contributed by atoms with E-state index in [4.69, 9.17) is 9.84 Å². The summed E-state index contributed by atoms with van der Waals surface area (Å²) in [5.41, 5.74) is 2.21. The molecule has 0 unspecified atom stereocenters. The fraction of sp³-hybridized carbons (Fsp3) is 0.294. The first-order chi connectivity index (χ1) is 9.77. The summed E-state index contributed by atoms with van der Waals surface area (Å²) in [6, 6.07) is 8.88. The summed E-state index contributed by atoms with van der Waals surface area (Å²) < 4.78 is 5.83. The lowest BCUT2D eigenvalue weighted by atomic mass is 9.86. The highest BCUT2D eigenvalue weighted by molar-refractivity contribution is 5.87. The molecule has 0 amide bonds. The number of ether oxygens (including phenoxy) is 1. The van der Waals surface area contributed by atoms with Crippen LogP contribution in [-0.4, -0.2) is 16.1 Å². The van der Waals surface area contributed by atoms with E-state index in [1.807, 2.05) is 25.1 Å². The Morgan fingerprint density at radius 3 is 2.52 bits per heavy atom. The minimum atomic E-state index is -0.998. The monoisotopic (exact) mass is 285 g/mol. The summed E-state index contributed by atoms with van der Waals surface area (Å²) >= 11 is 0. The lowest BCUT2D eigenvalue weighted by molar-refractivity contribution is 0.0696. The Hall–Kier alpha value is -2.36. The fourth-order valence-electron chi connectivity index (χ4n) is 2.04. The predicted molar refractivity (Wildman–Crippen MR) is 81.1 cm³/mol. The molecule has 1 N–H and O–H groups in total. The fourth-order valence-corrected chi connectivity index (χ4v) is 2.04. The molecule has 0 aliphatic carbocycles. The van der Waals surface area contributed by atoms with Crippen molar-refractivity contribution in [2.75, 3.05) is 0 Å². The average Bonchev–Trinajstić information content (AvgIpc) is 2.37. The second-order valence-electron chi connectivity index (χ2n) is 6.04. The van der Waals surface area contributed by atoms with E-state index in [9.17, 15) is 4.79 Å². The van der Waals surface area contributed by atoms with Gasteiger partial charge in [0.1, 0.15) is 5.75 Å². The SMILES string of the molecule is Cc1ccc(C(C)(C)C)c(Oc2cc(C(=O)O)ccn2)c1. The summed E-state index contributed by atoms with van der Waals surface area (Å²) in [7, 11) is 0. The van der Waals surface area contributed by atoms with Crippen molar-refractivity contribution in [3.8, 4) is 11.6 Å². The Bertz CT molecular complexity index is 672. The molecule has 0 saturated carbocycles. The quantitative estimate of drug-likeness (QED) is 0.919. The molecule has 0 atom stereocenters. The number of aromatic nitrogens is 1. The molecule has 0 radical (unpaired) electrons. The average molecular weight is 285 g/mol. The maximum atomic E-state index is 11.0. The van der Waals surface area contributed by atoms with Gasteiger partial charge >= 0.3 is 5.97 Å². The van der Waals surface area contributed by atoms with E-state index in [0.29, 0.717) is 5.75 Å². The summed E-state index contributed by atoms with van der Waals surface area (Å²) in [5.74, 6) is -0.00826. The Morgan fingerprint density at radius 1 is 1.19 bits per heavy atom. The summed E-state index contributed by atoms with van der Waals surface area (Å²) in [6.07, 6.45) is 1.44. The van der Waals surface area contributed by atoms with Crippen molar-refractivity contribution in [3.63, 3.8) is 0 Å². The number of aryl methyl sites for hydroxylation is 1. The van der Waals surface area contributed by atoms with Crippen molar-refractivity contribution < 1.29 is 14.6 Å². The van der Waals surface area contributed by atoms with Crippen LogP contribution in [0.4, 0.5) is 0 Å². The molecule has 4 nitrogen and oxygen atoms in total. The topological polar surface area (TPSA) is 59.4 Å². The lowest BCUT2D eigenvalue weighted by Gasteiger charge is -2.22. The molecule has 0 bridgehead atoms. The molecule has 0 spiro atoms. The largest absolute Gasteiger partial charge is 0.478 e. The van der Waals surface area contributed by atoms with Gasteiger partial charge in [0.25, 0.3) is 0 Å². The number of pyridine rings is 1. The van der Waals surface area contributed by atoms with Crippen molar-refractivity contribution in [1.82, 2.24) is 4.98 Å². The number of nitrogens with zero attached hydrogens (tertiary/aromatic N) is 1. The van der Waals surface area contributed by atoms with Crippen LogP contribution in [0.5, 0.6) is 11.6 Å². The smallest absolute Gasteiger partial charge is 0.335 e. The zero-order valence-corrected chi connectivity index (χ0v) is 12.7. The van der Waals surface area contributed by atoms with E-state index < -0.39 is 5.97 Å². The number of carboxylic acid groups (broad SMARTS) is 1. The standard InChI is InChI=1S/C17H19NO3/c1-11-5-6-13(17(2,3)4)14(9-11)21-15-10-12(16(19)20)7-8-18-15/h5-10H,1-4H3,(H,19,20). The van der Waals surface area contributed by atoms with Crippen LogP contribution in [0.3, 0.4) is 0 Å². The third kappa shape index (κ3) is 3.60. The second-order valence-corrected chi connectivity index (χ2v) is 6.04. The number of benzene rings is 1. The van der Waals surface area contributed by atoms with Crippen molar-refractivity contribution >= 4 is 5.97 Å². The summed E-state index contributed by atoms with van der Waals surface area (Å²) in [5, 5.41) is 9.02. The Morgan fingerprint density at radius 2 is 1.90 bits per heavy atom. The normalized spacial score (nSPS) is 11.2. The van der Waals surface area contributed by atoms with Gasteiger partial charge < -0.3 is 9.84 Å². The molecule has 21 heavy (non-hydrogen) atoms. The third-order valence-electron chi connectivity index (χ3n) is 3.14. The molecule has 0 aliphatic rings. The van der Waals surface area contributed by atoms with Gasteiger partial charge in [-0.1, -0.05) is 32.9 Å². The highest BCUT2D eigenvalue weighted by atomic mass is 16.5. The molecule has 0 fully saturated rings. The first-order valence-corrected chi connectivity index (χ1v) is 6.76. The summed E-state index contributed by atoms with van der Waals surface area (Å²) in [6.45, 7) is 8.29. The first kappa shape index (κ1) is 15.0. The van der Waals surface area contributed by atoms with E-state index in [2.05, 4.69) is 25.8 Å². The van der Waals surface area contributed by atoms with Gasteiger partial charge in [-0.25, -0.2) is 9.78 Å². The number of aromatic carboxylic acids is 1. The van der Waals surface area contributed by atoms with Crippen LogP contribution < -0.4 is 4.74 Å². The van der Waals surface area contributed by atoms with Crippen LogP contribution in [0.2, 0.25) is 0 Å². The van der Waals surface area contributed by atoms with Gasteiger partial charge in [-0.05, 0) is 30.0 Å². The highest BCUT2D eigenvalue weighted by Gasteiger charge is 2.20. The van der Waals surface area contributed by atoms with Gasteiger partial charge in [0.15, 0.2) is 0 Å². The van der Waals surface area contributed by atoms with E-state index >= 15 is 0 Å². The molecule has 0 saturated heterocycles. The molecule has 110 valence electrons. The number of hydrogen-bond donors (Lipinski definition) is 1. The van der Waals surface area contributed by atoms with Gasteiger partial charge in [0, 0.05) is 17.8 Å². The highest BCUT2D eigenvalue weighted by Crippen LogP contribution is 2.34. The number of hydrogen-bond acceptors (Lipinski definition) is 3. The van der Waals surface area contributed by atoms with Crippen LogP contribution in [0.1, 0.15) is 42.3 Å².